The Hall–Kier alpha value is -1.32. The van der Waals surface area contributed by atoms with Crippen molar-refractivity contribution >= 4 is 32.3 Å². The Labute approximate surface area is 110 Å². The zero-order chi connectivity index (χ0) is 12.9. The third-order valence-corrected chi connectivity index (χ3v) is 2.37. The molecule has 0 heterocycles. The molecule has 1 rings (SSSR count). The monoisotopic (exact) mass is 298 g/mol. The van der Waals surface area contributed by atoms with Crippen molar-refractivity contribution in [2.45, 2.75) is 20.8 Å². The first kappa shape index (κ1) is 13.7. The summed E-state index contributed by atoms with van der Waals surface area (Å²) in [7, 11) is 0. The van der Waals surface area contributed by atoms with Gasteiger partial charge in [-0.1, -0.05) is 0 Å². The number of hydrazone groups is 1. The summed E-state index contributed by atoms with van der Waals surface area (Å²) in [5.74, 6) is -0.0788. The van der Waals surface area contributed by atoms with Gasteiger partial charge in [0.2, 0.25) is 0 Å². The number of rotatable bonds is 2. The first-order valence-corrected chi connectivity index (χ1v) is 6.12. The minimum atomic E-state index is -0.433. The molecule has 0 aliphatic heterocycles. The van der Waals surface area contributed by atoms with Gasteiger partial charge in [0.15, 0.2) is 0 Å². The van der Waals surface area contributed by atoms with Crippen LogP contribution in [0.3, 0.4) is 0 Å². The van der Waals surface area contributed by atoms with Gasteiger partial charge < -0.3 is 0 Å². The van der Waals surface area contributed by atoms with Crippen LogP contribution in [0.4, 0.5) is 5.69 Å². The fraction of sp³-hybridized carbons (Fsp3) is 0.333. The number of hydrogen-bond donors (Lipinski definition) is 2. The fourth-order valence-electron chi connectivity index (χ4n) is 0.941. The molecule has 0 aliphatic rings. The molecular weight excluding hydrogens is 281 g/mol. The molecule has 91 valence electrons. The average Bonchev–Trinajstić information content (AvgIpc) is 2.26. The summed E-state index contributed by atoms with van der Waals surface area (Å²) in [5, 5.41) is 6.71. The number of amidine groups is 1. The number of benzene rings is 1. The Morgan fingerprint density at radius 1 is 1.24 bits per heavy atom. The second-order valence-corrected chi connectivity index (χ2v) is 5.41. The molecule has 5 heteroatoms. The molecule has 0 saturated heterocycles. The number of anilines is 1. The van der Waals surface area contributed by atoms with Crippen LogP contribution in [-0.2, 0) is 4.79 Å². The number of amides is 1. The van der Waals surface area contributed by atoms with Crippen LogP contribution in [-0.4, -0.2) is 26.7 Å². The number of para-hydroxylation sites is 1. The molecular formula is C12H16N3OSe. The Balaban J connectivity index is 2.54. The normalized spacial score (nSPS) is 12.1. The Morgan fingerprint density at radius 3 is 2.35 bits per heavy atom. The number of nitrogens with zero attached hydrogens (tertiary/aromatic N) is 1. The maximum absolute atomic E-state index is 11.6. The van der Waals surface area contributed by atoms with Crippen LogP contribution in [0.1, 0.15) is 20.8 Å². The van der Waals surface area contributed by atoms with Gasteiger partial charge in [0.25, 0.3) is 0 Å². The third kappa shape index (κ3) is 5.02. The minimum absolute atomic E-state index is 0.0788. The molecule has 2 N–H and O–H groups in total. The molecule has 0 saturated carbocycles. The van der Waals surface area contributed by atoms with E-state index in [1.165, 1.54) is 0 Å². The van der Waals surface area contributed by atoms with Gasteiger partial charge in [0.1, 0.15) is 0 Å². The predicted octanol–water partition coefficient (Wildman–Crippen LogP) is 1.70. The van der Waals surface area contributed by atoms with Crippen molar-refractivity contribution in [1.82, 2.24) is 5.32 Å². The van der Waals surface area contributed by atoms with Crippen molar-refractivity contribution < 1.29 is 4.79 Å². The number of hydrogen-bond acceptors (Lipinski definition) is 3. The standard InChI is InChI=1S/C12H16N3OSe/c1-12(2,3)10(16)13-11(17)15-14-9-7-5-4-6-8-9/h4-8,14H,1-3H3,(H,13,15,16). The van der Waals surface area contributed by atoms with E-state index in [0.717, 1.165) is 5.69 Å². The second-order valence-electron chi connectivity index (χ2n) is 4.60. The topological polar surface area (TPSA) is 53.5 Å². The van der Waals surface area contributed by atoms with Crippen LogP contribution in [0.2, 0.25) is 0 Å². The Kier molecular flexibility index (Phi) is 4.72. The average molecular weight is 297 g/mol. The molecule has 0 spiro atoms. The van der Waals surface area contributed by atoms with E-state index in [9.17, 15) is 4.79 Å². The molecule has 1 amide bonds. The van der Waals surface area contributed by atoms with Crippen LogP contribution >= 0.6 is 0 Å². The molecule has 0 fully saturated rings. The van der Waals surface area contributed by atoms with E-state index >= 15 is 0 Å². The molecule has 0 aliphatic carbocycles. The summed E-state index contributed by atoms with van der Waals surface area (Å²) in [6.07, 6.45) is 0. The molecule has 1 aromatic carbocycles. The van der Waals surface area contributed by atoms with Crippen molar-refractivity contribution in [2.75, 3.05) is 5.43 Å². The van der Waals surface area contributed by atoms with Crippen LogP contribution < -0.4 is 10.7 Å². The summed E-state index contributed by atoms with van der Waals surface area (Å²) >= 11 is 2.71. The van der Waals surface area contributed by atoms with Crippen molar-refractivity contribution in [1.29, 1.82) is 0 Å². The van der Waals surface area contributed by atoms with Crippen LogP contribution in [0, 0.1) is 5.41 Å². The van der Waals surface area contributed by atoms with Crippen molar-refractivity contribution in [3.05, 3.63) is 30.3 Å². The zero-order valence-electron chi connectivity index (χ0n) is 10.2. The van der Waals surface area contributed by atoms with Crippen LogP contribution in [0.15, 0.2) is 35.4 Å². The molecule has 4 nitrogen and oxygen atoms in total. The summed E-state index contributed by atoms with van der Waals surface area (Å²) in [4.78, 5) is 11.6. The molecule has 0 atom stereocenters. The Bertz CT molecular complexity index is 410. The van der Waals surface area contributed by atoms with Crippen molar-refractivity contribution in [3.8, 4) is 0 Å². The van der Waals surface area contributed by atoms with E-state index in [0.29, 0.717) is 4.73 Å². The number of nitrogens with one attached hydrogen (secondary N) is 2. The molecule has 0 aromatic heterocycles. The molecule has 1 radical (unpaired) electrons. The van der Waals surface area contributed by atoms with Gasteiger partial charge in [0.05, 0.1) is 0 Å². The van der Waals surface area contributed by atoms with Gasteiger partial charge >= 0.3 is 109 Å². The van der Waals surface area contributed by atoms with Crippen molar-refractivity contribution in [2.24, 2.45) is 10.5 Å². The van der Waals surface area contributed by atoms with Gasteiger partial charge in [0, 0.05) is 0 Å². The van der Waals surface area contributed by atoms with Gasteiger partial charge in [-0.05, 0) is 0 Å². The predicted molar refractivity (Wildman–Crippen MR) is 70.9 cm³/mol. The van der Waals surface area contributed by atoms with Crippen LogP contribution in [0.5, 0.6) is 0 Å². The van der Waals surface area contributed by atoms with Gasteiger partial charge in [-0.3, -0.25) is 0 Å². The van der Waals surface area contributed by atoms with E-state index in [2.05, 4.69) is 31.9 Å². The van der Waals surface area contributed by atoms with Gasteiger partial charge in [-0.25, -0.2) is 0 Å². The molecule has 0 bridgehead atoms. The fourth-order valence-corrected chi connectivity index (χ4v) is 1.23. The van der Waals surface area contributed by atoms with E-state index in [1.807, 2.05) is 51.1 Å². The maximum atomic E-state index is 11.6. The summed E-state index contributed by atoms with van der Waals surface area (Å²) < 4.78 is 0.425. The van der Waals surface area contributed by atoms with E-state index in [4.69, 9.17) is 0 Å². The number of carbonyl (C=O) groups excluding carboxylic acids is 1. The van der Waals surface area contributed by atoms with Gasteiger partial charge in [-0.15, -0.1) is 0 Å². The molecule has 0 unspecified atom stereocenters. The second kappa shape index (κ2) is 5.84. The first-order chi connectivity index (χ1) is 7.89. The van der Waals surface area contributed by atoms with E-state index in [1.54, 1.807) is 0 Å². The summed E-state index contributed by atoms with van der Waals surface area (Å²) in [5.41, 5.74) is 3.28. The molecule has 17 heavy (non-hydrogen) atoms. The summed E-state index contributed by atoms with van der Waals surface area (Å²) in [6.45, 7) is 5.54. The quantitative estimate of drug-likeness (QED) is 0.378. The van der Waals surface area contributed by atoms with E-state index in [-0.39, 0.29) is 5.91 Å². The van der Waals surface area contributed by atoms with Gasteiger partial charge in [-0.2, -0.15) is 0 Å². The SMILES string of the molecule is CC(C)(C)C(=O)N/C([Se])=N/Nc1ccccc1. The first-order valence-electron chi connectivity index (χ1n) is 5.27. The van der Waals surface area contributed by atoms with Crippen molar-refractivity contribution in [3.63, 3.8) is 0 Å². The van der Waals surface area contributed by atoms with Crippen LogP contribution in [0.25, 0.3) is 0 Å². The molecule has 1 aromatic rings. The number of carbonyl (C=O) groups is 1. The summed E-state index contributed by atoms with van der Waals surface area (Å²) in [6, 6.07) is 9.52. The van der Waals surface area contributed by atoms with E-state index < -0.39 is 5.41 Å². The third-order valence-electron chi connectivity index (χ3n) is 1.96. The Morgan fingerprint density at radius 2 is 1.82 bits per heavy atom. The zero-order valence-corrected chi connectivity index (χ0v) is 11.9.